The molecule has 4 rings (SSSR count). The van der Waals surface area contributed by atoms with Crippen LogP contribution < -0.4 is 20.1 Å². The molecular weight excluding hydrogens is 356 g/mol. The molecule has 146 valence electrons. The molecule has 1 aliphatic heterocycles. The van der Waals surface area contributed by atoms with Gasteiger partial charge in [0.25, 0.3) is 0 Å². The molecule has 28 heavy (non-hydrogen) atoms. The van der Waals surface area contributed by atoms with Crippen LogP contribution in [-0.4, -0.2) is 25.0 Å². The highest BCUT2D eigenvalue weighted by atomic mass is 16.6. The third-order valence-electron chi connectivity index (χ3n) is 5.11. The van der Waals surface area contributed by atoms with Crippen molar-refractivity contribution >= 4 is 23.2 Å². The lowest BCUT2D eigenvalue weighted by Gasteiger charge is -2.19. The summed E-state index contributed by atoms with van der Waals surface area (Å²) in [7, 11) is 0. The van der Waals surface area contributed by atoms with E-state index in [0.717, 1.165) is 11.3 Å². The molecule has 6 heteroatoms. The molecule has 0 radical (unpaired) electrons. The first kappa shape index (κ1) is 18.3. The Bertz CT molecular complexity index is 909. The predicted octanol–water partition coefficient (Wildman–Crippen LogP) is 3.79. The second kappa shape index (κ2) is 7.54. The molecule has 0 spiro atoms. The number of benzene rings is 2. The van der Waals surface area contributed by atoms with Crippen LogP contribution in [0.5, 0.6) is 11.5 Å². The Morgan fingerprint density at radius 1 is 0.929 bits per heavy atom. The normalized spacial score (nSPS) is 19.8. The fraction of sp³-hybridized carbons (Fsp3) is 0.364. The van der Waals surface area contributed by atoms with E-state index in [0.29, 0.717) is 42.7 Å². The Morgan fingerprint density at radius 2 is 1.61 bits per heavy atom. The third-order valence-corrected chi connectivity index (χ3v) is 5.11. The van der Waals surface area contributed by atoms with E-state index in [9.17, 15) is 9.59 Å². The summed E-state index contributed by atoms with van der Waals surface area (Å²) in [6.07, 6.45) is 0.562. The topological polar surface area (TPSA) is 76.7 Å². The van der Waals surface area contributed by atoms with E-state index < -0.39 is 0 Å². The molecular formula is C22H24N2O4. The van der Waals surface area contributed by atoms with Crippen molar-refractivity contribution in [2.45, 2.75) is 26.2 Å². The van der Waals surface area contributed by atoms with Crippen LogP contribution in [0.2, 0.25) is 0 Å². The van der Waals surface area contributed by atoms with Crippen molar-refractivity contribution in [3.8, 4) is 11.5 Å². The van der Waals surface area contributed by atoms with Crippen LogP contribution >= 0.6 is 0 Å². The largest absolute Gasteiger partial charge is 0.486 e. The van der Waals surface area contributed by atoms with Crippen LogP contribution in [0, 0.1) is 11.8 Å². The maximum Gasteiger partial charge on any atom is 0.228 e. The van der Waals surface area contributed by atoms with E-state index >= 15 is 0 Å². The van der Waals surface area contributed by atoms with Crippen LogP contribution in [0.15, 0.2) is 42.5 Å². The van der Waals surface area contributed by atoms with Gasteiger partial charge in [0, 0.05) is 17.4 Å². The highest BCUT2D eigenvalue weighted by Crippen LogP contribution is 2.41. The molecule has 2 aromatic rings. The number of hydrogen-bond donors (Lipinski definition) is 2. The summed E-state index contributed by atoms with van der Waals surface area (Å²) in [6.45, 7) is 5.20. The molecule has 2 unspecified atom stereocenters. The Morgan fingerprint density at radius 3 is 2.36 bits per heavy atom. The number of carbonyl (C=O) groups is 2. The number of rotatable bonds is 5. The Kier molecular flexibility index (Phi) is 4.94. The molecule has 1 aliphatic carbocycles. The molecule has 0 bridgehead atoms. The number of para-hydroxylation sites is 1. The standard InChI is InChI=1S/C22H24N2O4/c1-13(2)15-5-3-4-6-18(15)24-22(26)17-12-16(17)21(25)23-14-7-8-19-20(11-14)28-10-9-27-19/h3-8,11,13,16-17H,9-10,12H2,1-2H3,(H,23,25)(H,24,26). The third kappa shape index (κ3) is 3.81. The van der Waals surface area contributed by atoms with E-state index in [-0.39, 0.29) is 23.7 Å². The number of carbonyl (C=O) groups excluding carboxylic acids is 2. The zero-order chi connectivity index (χ0) is 19.7. The number of ether oxygens (including phenoxy) is 2. The quantitative estimate of drug-likeness (QED) is 0.827. The highest BCUT2D eigenvalue weighted by Gasteiger charge is 2.48. The lowest BCUT2D eigenvalue weighted by molar-refractivity contribution is -0.122. The molecule has 2 atom stereocenters. The SMILES string of the molecule is CC(C)c1ccccc1NC(=O)C1CC1C(=O)Nc1ccc2c(c1)OCCO2. The molecule has 1 fully saturated rings. The van der Waals surface area contributed by atoms with Crippen molar-refractivity contribution in [1.82, 2.24) is 0 Å². The molecule has 1 saturated carbocycles. The van der Waals surface area contributed by atoms with Crippen LogP contribution in [0.1, 0.15) is 31.7 Å². The van der Waals surface area contributed by atoms with Crippen LogP contribution in [0.25, 0.3) is 0 Å². The van der Waals surface area contributed by atoms with Crippen LogP contribution in [0.4, 0.5) is 11.4 Å². The number of anilines is 2. The van der Waals surface area contributed by atoms with Gasteiger partial charge in [-0.3, -0.25) is 9.59 Å². The smallest absolute Gasteiger partial charge is 0.228 e. The minimum atomic E-state index is -0.306. The first-order chi connectivity index (χ1) is 13.5. The summed E-state index contributed by atoms with van der Waals surface area (Å²) in [4.78, 5) is 25.1. The Labute approximate surface area is 164 Å². The predicted molar refractivity (Wildman–Crippen MR) is 107 cm³/mol. The summed E-state index contributed by atoms with van der Waals surface area (Å²) >= 11 is 0. The zero-order valence-corrected chi connectivity index (χ0v) is 16.0. The van der Waals surface area contributed by atoms with Crippen molar-refractivity contribution in [2.24, 2.45) is 11.8 Å². The molecule has 2 aromatic carbocycles. The van der Waals surface area contributed by atoms with Gasteiger partial charge in [0.1, 0.15) is 13.2 Å². The van der Waals surface area contributed by atoms with Gasteiger partial charge in [0.15, 0.2) is 11.5 Å². The molecule has 6 nitrogen and oxygen atoms in total. The van der Waals surface area contributed by atoms with Gasteiger partial charge in [-0.1, -0.05) is 32.0 Å². The first-order valence-electron chi connectivity index (χ1n) is 9.63. The van der Waals surface area contributed by atoms with Gasteiger partial charge >= 0.3 is 0 Å². The second-order valence-electron chi connectivity index (χ2n) is 7.53. The maximum atomic E-state index is 12.6. The van der Waals surface area contributed by atoms with Gasteiger partial charge in [-0.2, -0.15) is 0 Å². The van der Waals surface area contributed by atoms with E-state index in [1.807, 2.05) is 24.3 Å². The molecule has 2 amide bonds. The zero-order valence-electron chi connectivity index (χ0n) is 16.0. The number of hydrogen-bond acceptors (Lipinski definition) is 4. The van der Waals surface area contributed by atoms with Crippen molar-refractivity contribution < 1.29 is 19.1 Å². The van der Waals surface area contributed by atoms with Gasteiger partial charge in [0.05, 0.1) is 11.8 Å². The highest BCUT2D eigenvalue weighted by molar-refractivity contribution is 6.03. The molecule has 0 saturated heterocycles. The minimum Gasteiger partial charge on any atom is -0.486 e. The van der Waals surface area contributed by atoms with Gasteiger partial charge in [-0.15, -0.1) is 0 Å². The number of nitrogens with one attached hydrogen (secondary N) is 2. The van der Waals surface area contributed by atoms with Gasteiger partial charge < -0.3 is 20.1 Å². The molecule has 2 N–H and O–H groups in total. The first-order valence-corrected chi connectivity index (χ1v) is 9.63. The summed E-state index contributed by atoms with van der Waals surface area (Å²) in [5.74, 6) is 0.766. The van der Waals surface area contributed by atoms with E-state index in [4.69, 9.17) is 9.47 Å². The maximum absolute atomic E-state index is 12.6. The van der Waals surface area contributed by atoms with Crippen molar-refractivity contribution in [1.29, 1.82) is 0 Å². The summed E-state index contributed by atoms with van der Waals surface area (Å²) in [6, 6.07) is 13.1. The average molecular weight is 380 g/mol. The average Bonchev–Trinajstić information content (AvgIpc) is 3.49. The van der Waals surface area contributed by atoms with E-state index in [2.05, 4.69) is 24.5 Å². The summed E-state index contributed by atoms with van der Waals surface area (Å²) in [5.41, 5.74) is 2.56. The van der Waals surface area contributed by atoms with Crippen molar-refractivity contribution in [2.75, 3.05) is 23.8 Å². The van der Waals surface area contributed by atoms with E-state index in [1.165, 1.54) is 0 Å². The van der Waals surface area contributed by atoms with Gasteiger partial charge in [-0.25, -0.2) is 0 Å². The molecule has 1 heterocycles. The lowest BCUT2D eigenvalue weighted by atomic mass is 10.0. The monoisotopic (exact) mass is 380 g/mol. The Hall–Kier alpha value is -3.02. The van der Waals surface area contributed by atoms with Gasteiger partial charge in [0.2, 0.25) is 11.8 Å². The fourth-order valence-corrected chi connectivity index (χ4v) is 3.47. The van der Waals surface area contributed by atoms with Crippen LogP contribution in [0.3, 0.4) is 0 Å². The molecule has 2 aliphatic rings. The molecule has 0 aromatic heterocycles. The summed E-state index contributed by atoms with van der Waals surface area (Å²) in [5, 5.41) is 5.87. The van der Waals surface area contributed by atoms with E-state index in [1.54, 1.807) is 18.2 Å². The fourth-order valence-electron chi connectivity index (χ4n) is 3.47. The minimum absolute atomic E-state index is 0.101. The number of fused-ring (bicyclic) bond motifs is 1. The number of amides is 2. The second-order valence-corrected chi connectivity index (χ2v) is 7.53. The van der Waals surface area contributed by atoms with Crippen molar-refractivity contribution in [3.05, 3.63) is 48.0 Å². The Balaban J connectivity index is 1.36. The van der Waals surface area contributed by atoms with Crippen LogP contribution in [-0.2, 0) is 9.59 Å². The summed E-state index contributed by atoms with van der Waals surface area (Å²) < 4.78 is 11.0. The van der Waals surface area contributed by atoms with Gasteiger partial charge in [-0.05, 0) is 36.1 Å². The lowest BCUT2D eigenvalue weighted by Crippen LogP contribution is -2.21. The van der Waals surface area contributed by atoms with Crippen molar-refractivity contribution in [3.63, 3.8) is 0 Å².